The molecule has 1 amide bonds. The molecule has 1 aromatic rings. The number of hydrogen-bond acceptors (Lipinski definition) is 6. The van der Waals surface area contributed by atoms with Gasteiger partial charge in [0.25, 0.3) is 0 Å². The Labute approximate surface area is 106 Å². The highest BCUT2D eigenvalue weighted by molar-refractivity contribution is 5.80. The van der Waals surface area contributed by atoms with Crippen molar-refractivity contribution in [1.82, 2.24) is 15.3 Å². The molecule has 7 nitrogen and oxygen atoms in total. The first-order chi connectivity index (χ1) is 8.67. The van der Waals surface area contributed by atoms with Crippen LogP contribution in [0.3, 0.4) is 0 Å². The Morgan fingerprint density at radius 2 is 2.17 bits per heavy atom. The summed E-state index contributed by atoms with van der Waals surface area (Å²) >= 11 is 0. The smallest absolute Gasteiger partial charge is 0.239 e. The lowest BCUT2D eigenvalue weighted by molar-refractivity contribution is -0.119. The molecule has 3 N–H and O–H groups in total. The normalized spacial score (nSPS) is 10.2. The molecule has 0 fully saturated rings. The van der Waals surface area contributed by atoms with Crippen molar-refractivity contribution in [3.05, 3.63) is 18.0 Å². The Morgan fingerprint density at radius 3 is 2.72 bits per heavy atom. The van der Waals surface area contributed by atoms with Gasteiger partial charge in [0.15, 0.2) is 0 Å². The molecule has 1 heterocycles. The molecule has 0 aliphatic carbocycles. The van der Waals surface area contributed by atoms with Crippen molar-refractivity contribution < 1.29 is 9.53 Å². The number of methoxy groups -OCH3 is 1. The summed E-state index contributed by atoms with van der Waals surface area (Å²) in [5.41, 5.74) is 6.31. The van der Waals surface area contributed by atoms with Gasteiger partial charge in [-0.3, -0.25) is 4.79 Å². The minimum atomic E-state index is -0.0962. The van der Waals surface area contributed by atoms with Crippen molar-refractivity contribution >= 4 is 11.9 Å². The summed E-state index contributed by atoms with van der Waals surface area (Å²) in [7, 11) is 3.35. The van der Waals surface area contributed by atoms with Gasteiger partial charge in [-0.05, 0) is 0 Å². The van der Waals surface area contributed by atoms with Crippen LogP contribution in [-0.4, -0.2) is 49.7 Å². The van der Waals surface area contributed by atoms with Gasteiger partial charge >= 0.3 is 0 Å². The summed E-state index contributed by atoms with van der Waals surface area (Å²) in [5.74, 6) is 0.398. The summed E-state index contributed by atoms with van der Waals surface area (Å²) in [5, 5.41) is 2.73. The Morgan fingerprint density at radius 1 is 1.50 bits per heavy atom. The van der Waals surface area contributed by atoms with Crippen LogP contribution in [0.25, 0.3) is 0 Å². The lowest BCUT2D eigenvalue weighted by atomic mass is 10.3. The van der Waals surface area contributed by atoms with Gasteiger partial charge in [-0.2, -0.15) is 0 Å². The van der Waals surface area contributed by atoms with Gasteiger partial charge in [0.1, 0.15) is 0 Å². The summed E-state index contributed by atoms with van der Waals surface area (Å²) in [4.78, 5) is 21.5. The molecule has 18 heavy (non-hydrogen) atoms. The van der Waals surface area contributed by atoms with Gasteiger partial charge in [-0.25, -0.2) is 9.97 Å². The van der Waals surface area contributed by atoms with Crippen LogP contribution in [0, 0.1) is 0 Å². The lowest BCUT2D eigenvalue weighted by Gasteiger charge is -2.16. The minimum absolute atomic E-state index is 0.0962. The summed E-state index contributed by atoms with van der Waals surface area (Å²) in [6, 6.07) is 0. The molecule has 0 atom stereocenters. The zero-order valence-electron chi connectivity index (χ0n) is 10.7. The Bertz CT molecular complexity index is 368. The fourth-order valence-corrected chi connectivity index (χ4v) is 1.29. The first-order valence-corrected chi connectivity index (χ1v) is 5.65. The number of nitrogens with one attached hydrogen (secondary N) is 1. The van der Waals surface area contributed by atoms with E-state index in [1.165, 1.54) is 0 Å². The van der Waals surface area contributed by atoms with Crippen LogP contribution in [0.5, 0.6) is 0 Å². The Hall–Kier alpha value is -1.73. The van der Waals surface area contributed by atoms with Gasteiger partial charge in [-0.1, -0.05) is 0 Å². The van der Waals surface area contributed by atoms with Crippen LogP contribution in [0.1, 0.15) is 5.56 Å². The maximum Gasteiger partial charge on any atom is 0.239 e. The number of anilines is 1. The fourth-order valence-electron chi connectivity index (χ4n) is 1.29. The maximum absolute atomic E-state index is 11.5. The van der Waals surface area contributed by atoms with Gasteiger partial charge in [0.05, 0.1) is 13.2 Å². The zero-order valence-corrected chi connectivity index (χ0v) is 10.7. The number of nitrogens with zero attached hydrogens (tertiary/aromatic N) is 3. The average Bonchev–Trinajstić information content (AvgIpc) is 2.39. The van der Waals surface area contributed by atoms with E-state index >= 15 is 0 Å². The second kappa shape index (κ2) is 7.57. The second-order valence-corrected chi connectivity index (χ2v) is 3.79. The van der Waals surface area contributed by atoms with E-state index in [9.17, 15) is 4.79 Å². The molecule has 1 aromatic heterocycles. The first-order valence-electron chi connectivity index (χ1n) is 5.65. The molecule has 7 heteroatoms. The largest absolute Gasteiger partial charge is 0.383 e. The topological polar surface area (TPSA) is 93.4 Å². The summed E-state index contributed by atoms with van der Waals surface area (Å²) < 4.78 is 4.84. The van der Waals surface area contributed by atoms with Crippen molar-refractivity contribution in [2.24, 2.45) is 5.73 Å². The third-order valence-corrected chi connectivity index (χ3v) is 2.28. The number of likely N-dealkylation sites (N-methyl/N-ethyl adjacent to an activating group) is 1. The molecule has 0 aliphatic rings. The van der Waals surface area contributed by atoms with Crippen LogP contribution in [-0.2, 0) is 16.1 Å². The summed E-state index contributed by atoms with van der Waals surface area (Å²) in [6.07, 6.45) is 3.31. The quantitative estimate of drug-likeness (QED) is 0.614. The van der Waals surface area contributed by atoms with Gasteiger partial charge in [-0.15, -0.1) is 0 Å². The van der Waals surface area contributed by atoms with Crippen LogP contribution in [0.4, 0.5) is 5.95 Å². The highest BCUT2D eigenvalue weighted by Crippen LogP contribution is 2.03. The summed E-state index contributed by atoms with van der Waals surface area (Å²) in [6.45, 7) is 1.60. The van der Waals surface area contributed by atoms with Crippen molar-refractivity contribution in [2.45, 2.75) is 6.54 Å². The SMILES string of the molecule is COCCNC(=O)CN(C)c1ncc(CN)cn1. The van der Waals surface area contributed by atoms with Crippen molar-refractivity contribution in [1.29, 1.82) is 0 Å². The number of aromatic nitrogens is 2. The van der Waals surface area contributed by atoms with E-state index in [4.69, 9.17) is 10.5 Å². The average molecular weight is 253 g/mol. The van der Waals surface area contributed by atoms with Crippen LogP contribution in [0.15, 0.2) is 12.4 Å². The van der Waals surface area contributed by atoms with E-state index in [1.807, 2.05) is 0 Å². The van der Waals surface area contributed by atoms with Crippen molar-refractivity contribution in [2.75, 3.05) is 38.8 Å². The maximum atomic E-state index is 11.5. The Balaban J connectivity index is 2.43. The number of carbonyl (C=O) groups excluding carboxylic acids is 1. The molecule has 1 rings (SSSR count). The minimum Gasteiger partial charge on any atom is -0.383 e. The van der Waals surface area contributed by atoms with Crippen molar-refractivity contribution in [3.8, 4) is 0 Å². The molecule has 0 saturated heterocycles. The van der Waals surface area contributed by atoms with Crippen molar-refractivity contribution in [3.63, 3.8) is 0 Å². The molecule has 0 aliphatic heterocycles. The molecule has 0 spiro atoms. The molecule has 0 unspecified atom stereocenters. The van der Waals surface area contributed by atoms with E-state index < -0.39 is 0 Å². The predicted molar refractivity (Wildman–Crippen MR) is 68.1 cm³/mol. The monoisotopic (exact) mass is 253 g/mol. The molecule has 0 aromatic carbocycles. The van der Waals surface area contributed by atoms with E-state index in [0.29, 0.717) is 25.6 Å². The first kappa shape index (κ1) is 14.3. The lowest BCUT2D eigenvalue weighted by Crippen LogP contribution is -2.37. The zero-order chi connectivity index (χ0) is 13.4. The number of amides is 1. The van der Waals surface area contributed by atoms with Crippen LogP contribution >= 0.6 is 0 Å². The van der Waals surface area contributed by atoms with Gasteiger partial charge < -0.3 is 20.7 Å². The van der Waals surface area contributed by atoms with Gasteiger partial charge in [0, 0.05) is 45.2 Å². The standard InChI is InChI=1S/C11H19N5O2/c1-16(8-10(17)13-3-4-18-2)11-14-6-9(5-12)7-15-11/h6-7H,3-5,8,12H2,1-2H3,(H,13,17). The molecule has 100 valence electrons. The van der Waals surface area contributed by atoms with E-state index in [2.05, 4.69) is 15.3 Å². The third kappa shape index (κ3) is 4.64. The molecule has 0 radical (unpaired) electrons. The van der Waals surface area contributed by atoms with Gasteiger partial charge in [0.2, 0.25) is 11.9 Å². The second-order valence-electron chi connectivity index (χ2n) is 3.79. The number of ether oxygens (including phenoxy) is 1. The van der Waals surface area contributed by atoms with E-state index in [1.54, 1.807) is 31.5 Å². The number of rotatable bonds is 7. The predicted octanol–water partition coefficient (Wildman–Crippen LogP) is -0.866. The highest BCUT2D eigenvalue weighted by Gasteiger charge is 2.09. The van der Waals surface area contributed by atoms with E-state index in [-0.39, 0.29) is 12.5 Å². The molecular formula is C11H19N5O2. The van der Waals surface area contributed by atoms with Crippen LogP contribution in [0.2, 0.25) is 0 Å². The molecular weight excluding hydrogens is 234 g/mol. The number of hydrogen-bond donors (Lipinski definition) is 2. The number of nitrogens with two attached hydrogens (primary N) is 1. The molecule has 0 bridgehead atoms. The van der Waals surface area contributed by atoms with E-state index in [0.717, 1.165) is 5.56 Å². The Kier molecular flexibility index (Phi) is 6.03. The number of carbonyl (C=O) groups is 1. The van der Waals surface area contributed by atoms with Crippen LogP contribution < -0.4 is 16.0 Å². The molecule has 0 saturated carbocycles. The fraction of sp³-hybridized carbons (Fsp3) is 0.545. The highest BCUT2D eigenvalue weighted by atomic mass is 16.5. The third-order valence-electron chi connectivity index (χ3n) is 2.28.